The fourth-order valence-corrected chi connectivity index (χ4v) is 4.40. The number of nitrogens with one attached hydrogen (secondary N) is 2. The summed E-state index contributed by atoms with van der Waals surface area (Å²) < 4.78 is 0. The summed E-state index contributed by atoms with van der Waals surface area (Å²) in [6.45, 7) is 0. The van der Waals surface area contributed by atoms with E-state index in [1.165, 1.54) is 24.0 Å². The molecule has 1 fully saturated rings. The van der Waals surface area contributed by atoms with Crippen LogP contribution in [0.15, 0.2) is 72.8 Å². The quantitative estimate of drug-likeness (QED) is 0.619. The molecule has 2 bridgehead atoms. The van der Waals surface area contributed by atoms with Gasteiger partial charge in [0, 0.05) is 6.04 Å². The maximum absolute atomic E-state index is 5.65. The Balaban J connectivity index is 1.44. The third kappa shape index (κ3) is 3.93. The minimum Gasteiger partial charge on any atom is -0.359 e. The van der Waals surface area contributed by atoms with Crippen LogP contribution < -0.4 is 10.6 Å². The van der Waals surface area contributed by atoms with E-state index >= 15 is 0 Å². The topological polar surface area (TPSA) is 24.1 Å². The lowest BCUT2D eigenvalue weighted by molar-refractivity contribution is 0.511. The Bertz CT molecular complexity index is 741. The number of hydrogen-bond acceptors (Lipinski definition) is 1. The molecule has 2 N–H and O–H groups in total. The van der Waals surface area contributed by atoms with Gasteiger partial charge in [0.2, 0.25) is 0 Å². The molecule has 2 nitrogen and oxygen atoms in total. The van der Waals surface area contributed by atoms with Gasteiger partial charge in [0.15, 0.2) is 5.11 Å². The molecule has 0 amide bonds. The molecule has 0 aliphatic heterocycles. The monoisotopic (exact) mass is 348 g/mol. The van der Waals surface area contributed by atoms with Crippen LogP contribution in [-0.2, 0) is 6.42 Å². The van der Waals surface area contributed by atoms with E-state index in [0.29, 0.717) is 12.0 Å². The molecule has 0 unspecified atom stereocenters. The minimum absolute atomic E-state index is 0.178. The van der Waals surface area contributed by atoms with E-state index in [9.17, 15) is 0 Å². The first-order valence-corrected chi connectivity index (χ1v) is 9.53. The summed E-state index contributed by atoms with van der Waals surface area (Å²) in [6.07, 6.45) is 8.13. The fraction of sp³-hybridized carbons (Fsp3) is 0.318. The molecule has 2 aliphatic rings. The largest absolute Gasteiger partial charge is 0.359 e. The highest BCUT2D eigenvalue weighted by Gasteiger charge is 2.36. The van der Waals surface area contributed by atoms with Crippen LogP contribution in [0.3, 0.4) is 0 Å². The number of benzene rings is 2. The smallest absolute Gasteiger partial charge is 0.167 e. The van der Waals surface area contributed by atoms with Crippen molar-refractivity contribution in [1.29, 1.82) is 0 Å². The molecular formula is C22H24N2S. The maximum atomic E-state index is 5.65. The Morgan fingerprint density at radius 3 is 2.32 bits per heavy atom. The lowest BCUT2D eigenvalue weighted by atomic mass is 9.99. The van der Waals surface area contributed by atoms with Crippen molar-refractivity contribution < 1.29 is 0 Å². The van der Waals surface area contributed by atoms with E-state index in [0.717, 1.165) is 17.5 Å². The molecule has 128 valence electrons. The lowest BCUT2D eigenvalue weighted by Gasteiger charge is -2.26. The molecular weight excluding hydrogens is 324 g/mol. The molecule has 2 aromatic rings. The Morgan fingerprint density at radius 1 is 0.960 bits per heavy atom. The summed E-state index contributed by atoms with van der Waals surface area (Å²) in [5.74, 6) is 1.40. The van der Waals surface area contributed by atoms with Gasteiger partial charge in [0.05, 0.1) is 6.04 Å². The first kappa shape index (κ1) is 16.3. The number of hydrogen-bond donors (Lipinski definition) is 2. The van der Waals surface area contributed by atoms with E-state index in [-0.39, 0.29) is 6.04 Å². The second kappa shape index (κ2) is 7.40. The van der Waals surface area contributed by atoms with Crippen molar-refractivity contribution in [2.24, 2.45) is 11.8 Å². The zero-order valence-electron chi connectivity index (χ0n) is 14.3. The molecule has 0 aromatic heterocycles. The number of thiocarbonyl (C=S) groups is 1. The van der Waals surface area contributed by atoms with E-state index < -0.39 is 0 Å². The van der Waals surface area contributed by atoms with Gasteiger partial charge in [-0.15, -0.1) is 0 Å². The van der Waals surface area contributed by atoms with E-state index in [2.05, 4.69) is 83.4 Å². The average Bonchev–Trinajstić information content (AvgIpc) is 3.26. The highest BCUT2D eigenvalue weighted by Crippen LogP contribution is 2.38. The van der Waals surface area contributed by atoms with Gasteiger partial charge in [0.25, 0.3) is 0 Å². The molecule has 2 aliphatic carbocycles. The molecule has 0 spiro atoms. The molecule has 4 rings (SSSR count). The van der Waals surface area contributed by atoms with Gasteiger partial charge < -0.3 is 10.6 Å². The second-order valence-electron chi connectivity index (χ2n) is 7.16. The van der Waals surface area contributed by atoms with Crippen LogP contribution in [0.25, 0.3) is 0 Å². The van der Waals surface area contributed by atoms with Crippen molar-refractivity contribution >= 4 is 17.3 Å². The summed E-state index contributed by atoms with van der Waals surface area (Å²) in [6, 6.07) is 21.8. The second-order valence-corrected chi connectivity index (χ2v) is 7.57. The molecule has 0 heterocycles. The predicted octanol–water partition coefficient (Wildman–Crippen LogP) is 4.40. The highest BCUT2D eigenvalue weighted by atomic mass is 32.1. The van der Waals surface area contributed by atoms with E-state index in [4.69, 9.17) is 12.2 Å². The number of allylic oxidation sites excluding steroid dienone is 1. The predicted molar refractivity (Wildman–Crippen MR) is 107 cm³/mol. The third-order valence-corrected chi connectivity index (χ3v) is 5.62. The highest BCUT2D eigenvalue weighted by molar-refractivity contribution is 7.80. The fourth-order valence-electron chi connectivity index (χ4n) is 4.10. The standard InChI is InChI=1S/C22H24N2S/c25-22(24-21-15-17-11-12-19(21)13-17)23-20(18-9-5-2-6-10-18)14-16-7-3-1-4-8-16/h1-12,17,19-21H,13-15H2,(H2,23,24,25)/t17-,19-,20-,21-/m0/s1. The molecule has 25 heavy (non-hydrogen) atoms. The normalized spacial score (nSPS) is 24.9. The van der Waals surface area contributed by atoms with Gasteiger partial charge in [-0.25, -0.2) is 0 Å². The van der Waals surface area contributed by atoms with Crippen LogP contribution in [0, 0.1) is 11.8 Å². The third-order valence-electron chi connectivity index (χ3n) is 5.39. The number of rotatable bonds is 5. The van der Waals surface area contributed by atoms with Crippen LogP contribution in [-0.4, -0.2) is 11.2 Å². The summed E-state index contributed by atoms with van der Waals surface area (Å²) in [5, 5.41) is 7.90. The maximum Gasteiger partial charge on any atom is 0.167 e. The molecule has 0 radical (unpaired) electrons. The average molecular weight is 349 g/mol. The van der Waals surface area contributed by atoms with E-state index in [1.54, 1.807) is 0 Å². The van der Waals surface area contributed by atoms with Crippen molar-refractivity contribution in [2.45, 2.75) is 31.3 Å². The van der Waals surface area contributed by atoms with Crippen LogP contribution >= 0.6 is 12.2 Å². The molecule has 3 heteroatoms. The van der Waals surface area contributed by atoms with Crippen molar-refractivity contribution in [1.82, 2.24) is 10.6 Å². The Morgan fingerprint density at radius 2 is 1.68 bits per heavy atom. The van der Waals surface area contributed by atoms with Gasteiger partial charge in [0.1, 0.15) is 0 Å². The first-order valence-electron chi connectivity index (χ1n) is 9.12. The van der Waals surface area contributed by atoms with Crippen molar-refractivity contribution in [3.63, 3.8) is 0 Å². The van der Waals surface area contributed by atoms with Gasteiger partial charge in [-0.2, -0.15) is 0 Å². The Labute approximate surface area is 155 Å². The van der Waals surface area contributed by atoms with Gasteiger partial charge in [-0.1, -0.05) is 72.8 Å². The van der Waals surface area contributed by atoms with Gasteiger partial charge in [-0.3, -0.25) is 0 Å². The summed E-state index contributed by atoms with van der Waals surface area (Å²) in [4.78, 5) is 0. The zero-order chi connectivity index (χ0) is 17.1. The SMILES string of the molecule is S=C(N[C@@H](Cc1ccccc1)c1ccccc1)N[C@H]1C[C@H]2C=C[C@H]1C2. The lowest BCUT2D eigenvalue weighted by Crippen LogP contribution is -2.45. The minimum atomic E-state index is 0.178. The molecule has 4 atom stereocenters. The van der Waals surface area contributed by atoms with Crippen LogP contribution in [0.4, 0.5) is 0 Å². The summed E-state index contributed by atoms with van der Waals surface area (Å²) in [5.41, 5.74) is 2.58. The Kier molecular flexibility index (Phi) is 4.84. The van der Waals surface area contributed by atoms with Gasteiger partial charge >= 0.3 is 0 Å². The van der Waals surface area contributed by atoms with Crippen LogP contribution in [0.5, 0.6) is 0 Å². The van der Waals surface area contributed by atoms with Crippen LogP contribution in [0.1, 0.15) is 30.0 Å². The van der Waals surface area contributed by atoms with Crippen molar-refractivity contribution in [2.75, 3.05) is 0 Å². The van der Waals surface area contributed by atoms with Crippen molar-refractivity contribution in [3.05, 3.63) is 83.9 Å². The summed E-state index contributed by atoms with van der Waals surface area (Å²) in [7, 11) is 0. The van der Waals surface area contributed by atoms with Crippen molar-refractivity contribution in [3.8, 4) is 0 Å². The molecule has 2 aromatic carbocycles. The first-order chi connectivity index (χ1) is 12.3. The Hall–Kier alpha value is -2.13. The van der Waals surface area contributed by atoms with Crippen LogP contribution in [0.2, 0.25) is 0 Å². The summed E-state index contributed by atoms with van der Waals surface area (Å²) >= 11 is 5.65. The molecule has 1 saturated carbocycles. The van der Waals surface area contributed by atoms with Gasteiger partial charge in [-0.05, 0) is 54.4 Å². The number of fused-ring (bicyclic) bond motifs is 2. The molecule has 0 saturated heterocycles. The van der Waals surface area contributed by atoms with E-state index in [1.807, 2.05) is 0 Å². The zero-order valence-corrected chi connectivity index (χ0v) is 15.1.